The molecule has 7 heterocycles. The second-order valence-electron chi connectivity index (χ2n) is 32.5. The number of hydrogen-bond donors (Lipinski definition) is 8. The highest BCUT2D eigenvalue weighted by Crippen LogP contribution is 2.37. The predicted octanol–water partition coefficient (Wildman–Crippen LogP) is 19.7. The third kappa shape index (κ3) is 31.2. The molecule has 0 radical (unpaired) electrons. The van der Waals surface area contributed by atoms with Crippen LogP contribution in [0.2, 0.25) is 25.1 Å². The molecule has 3 aliphatic rings. The zero-order chi connectivity index (χ0) is 101. The van der Waals surface area contributed by atoms with Gasteiger partial charge in [-0.25, -0.2) is 12.7 Å². The number of hydrogen-bond acceptors (Lipinski definition) is 15. The molecule has 2 unspecified atom stereocenters. The topological polar surface area (TPSA) is 341 Å². The summed E-state index contributed by atoms with van der Waals surface area (Å²) in [5.74, 6) is -2.90. The summed E-state index contributed by atoms with van der Waals surface area (Å²) in [6.45, 7) is 3.57. The van der Waals surface area contributed by atoms with Crippen LogP contribution < -0.4 is 11.1 Å². The highest BCUT2D eigenvalue weighted by Gasteiger charge is 2.42. The van der Waals surface area contributed by atoms with Crippen molar-refractivity contribution in [3.63, 3.8) is 0 Å². The SMILES string of the molecule is CS(=O)(=O)N1CCCC(CCN(Cc2ccccc2Cl)C(=O)c2cc(C(F)(F)F)[nH]n2)C1.NC1CC(N(Cc2ccccc2Cl)C(=O)c2cc(C(F)(F)F)[nH]n2)C1.O=C(c1cc(C(F)(F)F)[nH]n1)N(CCc1ccc(O)cc1)Cc1ccccc1Cl.O=C(c1cc(C(F)(F)F)[nH]n1)N(CCc1ccccc1)Cc1ccccc1Cl.O=C(c1cc(C(F)(F)F)[nH]n1)N(Cc1ccccc1Cl)CC1CCN1. The highest BCUT2D eigenvalue weighted by atomic mass is 35.5. The van der Waals surface area contributed by atoms with Gasteiger partial charge in [0.15, 0.2) is 28.5 Å². The van der Waals surface area contributed by atoms with E-state index in [1.807, 2.05) is 55.8 Å². The van der Waals surface area contributed by atoms with Crippen LogP contribution in [-0.2, 0) is 86.5 Å². The number of rotatable bonds is 28. The van der Waals surface area contributed by atoms with Gasteiger partial charge in [-0.1, -0.05) is 191 Å². The van der Waals surface area contributed by atoms with Crippen molar-refractivity contribution in [2.45, 2.75) is 133 Å². The van der Waals surface area contributed by atoms with Gasteiger partial charge in [0, 0.05) is 146 Å². The van der Waals surface area contributed by atoms with Crippen LogP contribution in [0.1, 0.15) is 158 Å². The molecule has 12 aromatic rings. The van der Waals surface area contributed by atoms with Crippen molar-refractivity contribution in [3.05, 3.63) is 327 Å². The Kier molecular flexibility index (Phi) is 36.9. The minimum Gasteiger partial charge on any atom is -0.508 e. The van der Waals surface area contributed by atoms with Crippen molar-refractivity contribution >= 4 is 97.6 Å². The maximum atomic E-state index is 13.0. The number of H-pyrrole nitrogens is 5. The van der Waals surface area contributed by atoms with E-state index in [0.717, 1.165) is 54.3 Å². The third-order valence-electron chi connectivity index (χ3n) is 22.3. The molecule has 1 aliphatic carbocycles. The van der Waals surface area contributed by atoms with E-state index in [1.54, 1.807) is 133 Å². The van der Waals surface area contributed by atoms with Gasteiger partial charge in [0.05, 0.1) is 6.26 Å². The normalized spacial score (nSPS) is 15.6. The summed E-state index contributed by atoms with van der Waals surface area (Å²) in [6.07, 6.45) is -16.8. The Bertz CT molecular complexity index is 6230. The summed E-state index contributed by atoms with van der Waals surface area (Å²) in [5, 5.41) is 42.0. The largest absolute Gasteiger partial charge is 0.508 e. The first-order chi connectivity index (χ1) is 65.6. The van der Waals surface area contributed by atoms with Crippen molar-refractivity contribution in [2.24, 2.45) is 11.7 Å². The Morgan fingerprint density at radius 2 is 0.719 bits per heavy atom. The molecule has 26 nitrogen and oxygen atoms in total. The van der Waals surface area contributed by atoms with Crippen molar-refractivity contribution in [1.29, 1.82) is 0 Å². The fourth-order valence-corrected chi connectivity index (χ4v) is 16.5. The zero-order valence-electron chi connectivity index (χ0n) is 73.4. The third-order valence-corrected chi connectivity index (χ3v) is 25.4. The number of phenols is 1. The standard InChI is InChI=1S/C20H24ClF3N4O3S.C20H17ClF3N3O2.C20H17ClF3N3O.2C16H16ClF3N4O/c1-32(30,31)28-9-4-5-14(12-28)8-10-27(13-15-6-2-3-7-16(15)21)19(29)17-11-18(26-25-17)20(22,23)24;21-16-4-2-1-3-14(16)12-27(10-9-13-5-7-15(28)8-6-13)19(29)17-11-18(26-25-17)20(22,23)24;21-16-9-5-4-8-15(16)13-27(11-10-14-6-2-1-3-7-14)19(28)17-12-18(26-25-17)20(22,23)24;17-12-4-2-1-3-9(12)8-24(11-5-10(21)6-11)15(25)13-7-14(23-22-13)16(18,19)20;17-12-4-2-1-3-10(12)8-24(9-11-5-6-21-11)15(25)13-7-14(23-22-13)16(18,19)20/h2-3,6-7,11,14H,4-5,8-10,12-13H2,1H3,(H,25,26);1-8,11,28H,9-10,12H2,(H,25,26);1-9,12H,10-11,13H2,(H,25,26);1-4,7,10-11H,5-6,8,21H2,(H,22,23);1-4,7,11,21H,5-6,8-9H2,(H,22,23). The molecule has 5 amide bonds. The lowest BCUT2D eigenvalue weighted by atomic mass is 9.86. The number of sulfonamides is 1. The number of nitrogens with one attached hydrogen (secondary N) is 6. The fourth-order valence-electron chi connectivity index (χ4n) is 14.6. The molecule has 0 bridgehead atoms. The van der Waals surface area contributed by atoms with Crippen LogP contribution in [0.25, 0.3) is 0 Å². The molecule has 0 spiro atoms. The lowest BCUT2D eigenvalue weighted by Gasteiger charge is -2.41. The van der Waals surface area contributed by atoms with E-state index in [2.05, 4.69) is 30.8 Å². The number of alkyl halides is 15. The van der Waals surface area contributed by atoms with Crippen molar-refractivity contribution in [2.75, 3.05) is 52.1 Å². The lowest BCUT2D eigenvalue weighted by Crippen LogP contribution is -2.52. The van der Waals surface area contributed by atoms with Crippen LogP contribution in [0.3, 0.4) is 0 Å². The number of piperidine rings is 1. The van der Waals surface area contributed by atoms with E-state index in [1.165, 1.54) is 47.2 Å². The van der Waals surface area contributed by atoms with E-state index in [-0.39, 0.29) is 104 Å². The lowest BCUT2D eigenvalue weighted by molar-refractivity contribution is -0.142. The molecule has 742 valence electrons. The van der Waals surface area contributed by atoms with Crippen LogP contribution >= 0.6 is 58.0 Å². The number of carbonyl (C=O) groups is 5. The Morgan fingerprint density at radius 1 is 0.417 bits per heavy atom. The number of nitrogens with two attached hydrogens (primary N) is 1. The van der Waals surface area contributed by atoms with Crippen LogP contribution in [0, 0.1) is 5.92 Å². The highest BCUT2D eigenvalue weighted by molar-refractivity contribution is 7.88. The Hall–Kier alpha value is -12.0. The van der Waals surface area contributed by atoms with Crippen LogP contribution in [0.5, 0.6) is 5.75 Å². The first kappa shape index (κ1) is 107. The smallest absolute Gasteiger partial charge is 0.432 e. The van der Waals surface area contributed by atoms with Gasteiger partial charge in [-0.2, -0.15) is 91.3 Å². The van der Waals surface area contributed by atoms with Gasteiger partial charge in [0.25, 0.3) is 29.5 Å². The number of halogens is 20. The average molecular weight is 2070 g/mol. The van der Waals surface area contributed by atoms with Gasteiger partial charge in [0.1, 0.15) is 34.2 Å². The first-order valence-electron chi connectivity index (χ1n) is 42.7. The monoisotopic (exact) mass is 2070 g/mol. The Labute approximate surface area is 811 Å². The molecular weight excluding hydrogens is 1980 g/mol. The molecule has 7 aromatic carbocycles. The summed E-state index contributed by atoms with van der Waals surface area (Å²) >= 11 is 30.9. The Morgan fingerprint density at radius 3 is 1.03 bits per heavy atom. The number of aromatic hydroxyl groups is 1. The van der Waals surface area contributed by atoms with E-state index < -0.39 is 98.9 Å². The number of benzene rings is 7. The number of amides is 5. The zero-order valence-corrected chi connectivity index (χ0v) is 77.9. The number of carbonyl (C=O) groups excluding carboxylic acids is 5. The summed E-state index contributed by atoms with van der Waals surface area (Å²) in [4.78, 5) is 71.4. The second kappa shape index (κ2) is 47.8. The summed E-state index contributed by atoms with van der Waals surface area (Å²) in [7, 11) is -3.31. The molecule has 2 saturated heterocycles. The average Bonchev–Trinajstić information content (AvgIpc) is 1.66. The van der Waals surface area contributed by atoms with E-state index in [0.29, 0.717) is 124 Å². The quantitative estimate of drug-likeness (QED) is 0.0211. The van der Waals surface area contributed by atoms with Crippen molar-refractivity contribution < 1.29 is 103 Å². The molecule has 3 fully saturated rings. The van der Waals surface area contributed by atoms with Gasteiger partial charge in [-0.15, -0.1) is 0 Å². The van der Waals surface area contributed by atoms with Crippen molar-refractivity contribution in [3.8, 4) is 5.75 Å². The molecule has 47 heteroatoms. The van der Waals surface area contributed by atoms with E-state index in [9.17, 15) is 103 Å². The van der Waals surface area contributed by atoms with E-state index >= 15 is 0 Å². The van der Waals surface area contributed by atoms with Crippen LogP contribution in [-0.4, -0.2) is 193 Å². The predicted molar refractivity (Wildman–Crippen MR) is 487 cm³/mol. The molecule has 139 heavy (non-hydrogen) atoms. The molecule has 2 atom stereocenters. The molecule has 2 aliphatic heterocycles. The van der Waals surface area contributed by atoms with Gasteiger partial charge >= 0.3 is 30.9 Å². The summed E-state index contributed by atoms with van der Waals surface area (Å²) < 4.78 is 217. The number of aromatic nitrogens is 10. The van der Waals surface area contributed by atoms with Crippen LogP contribution in [0.4, 0.5) is 65.9 Å². The number of nitrogens with zero attached hydrogens (tertiary/aromatic N) is 11. The minimum atomic E-state index is -4.64. The second-order valence-corrected chi connectivity index (χ2v) is 36.5. The summed E-state index contributed by atoms with van der Waals surface area (Å²) in [6, 6.07) is 54.4. The molecule has 15 rings (SSSR count). The molecule has 5 aromatic heterocycles. The number of phenolic OH excluding ortho intramolecular Hbond substituents is 1. The van der Waals surface area contributed by atoms with Crippen LogP contribution in [0.15, 0.2) is 206 Å². The van der Waals surface area contributed by atoms with Gasteiger partial charge in [-0.3, -0.25) is 49.5 Å². The minimum absolute atomic E-state index is 0.0172. The first-order valence-corrected chi connectivity index (χ1v) is 46.4. The van der Waals surface area contributed by atoms with Gasteiger partial charge in [-0.05, 0) is 145 Å². The maximum absolute atomic E-state index is 13.0. The number of aromatic amines is 5. The molecule has 9 N–H and O–H groups in total. The Balaban J connectivity index is 0.000000167. The van der Waals surface area contributed by atoms with Crippen molar-refractivity contribution in [1.82, 2.24) is 85.1 Å². The van der Waals surface area contributed by atoms with E-state index in [4.69, 9.17) is 63.7 Å². The molecule has 1 saturated carbocycles. The maximum Gasteiger partial charge on any atom is 0.432 e. The van der Waals surface area contributed by atoms with Gasteiger partial charge < -0.3 is 40.7 Å². The molecular formula is C92H90Cl5F15N18O8S. The fraction of sp³-hybridized carbons (Fsp3) is 0.326. The van der Waals surface area contributed by atoms with Gasteiger partial charge in [0.2, 0.25) is 10.0 Å². The summed E-state index contributed by atoms with van der Waals surface area (Å²) in [5.41, 5.74) is 4.28.